The second-order valence-electron chi connectivity index (χ2n) is 14.9. The zero-order valence-corrected chi connectivity index (χ0v) is 31.7. The van der Waals surface area contributed by atoms with Gasteiger partial charge in [0.25, 0.3) is 15.9 Å². The maximum atomic E-state index is 14.7. The molecule has 3 aliphatic carbocycles. The molecule has 16 nitrogen and oxygen atoms in total. The van der Waals surface area contributed by atoms with Crippen LogP contribution in [-0.2, 0) is 47.0 Å². The van der Waals surface area contributed by atoms with E-state index in [0.29, 0.717) is 24.2 Å². The average molecular weight is 788 g/mol. The summed E-state index contributed by atoms with van der Waals surface area (Å²) in [6.45, 7) is 3.87. The van der Waals surface area contributed by atoms with Crippen molar-refractivity contribution in [2.45, 2.75) is 112 Å². The maximum absolute atomic E-state index is 14.7. The summed E-state index contributed by atoms with van der Waals surface area (Å²) in [6.07, 6.45) is 9.00. The van der Waals surface area contributed by atoms with Crippen LogP contribution in [0, 0.1) is 23.7 Å². The van der Waals surface area contributed by atoms with Crippen molar-refractivity contribution in [3.63, 3.8) is 0 Å². The van der Waals surface area contributed by atoms with Gasteiger partial charge in [0.05, 0.1) is 41.8 Å². The summed E-state index contributed by atoms with van der Waals surface area (Å²) < 4.78 is 40.0. The number of sulfonamides is 1. The minimum absolute atomic E-state index is 0.156. The fourth-order valence-electron chi connectivity index (χ4n) is 8.18. The van der Waals surface area contributed by atoms with Gasteiger partial charge in [-0.1, -0.05) is 55.4 Å². The average Bonchev–Trinajstić information content (AvgIpc) is 3.96. The molecule has 3 fully saturated rings. The van der Waals surface area contributed by atoms with E-state index in [4.69, 9.17) is 9.47 Å². The van der Waals surface area contributed by atoms with Crippen LogP contribution in [0.25, 0.3) is 0 Å². The first-order chi connectivity index (χ1) is 27.0. The maximum Gasteiger partial charge on any atom is 0.410 e. The number of ether oxygens (including phenoxy) is 2. The molecule has 0 unspecified atom stereocenters. The molecule has 56 heavy (non-hydrogen) atoms. The van der Waals surface area contributed by atoms with Crippen molar-refractivity contribution < 1.29 is 41.9 Å². The molecule has 1 aromatic carbocycles. The molecule has 7 rings (SSSR count). The number of carbonyl (C=O) groups excluding carboxylic acids is 5. The van der Waals surface area contributed by atoms with Gasteiger partial charge in [-0.25, -0.2) is 22.7 Å². The number of rotatable bonds is 11. The van der Waals surface area contributed by atoms with Crippen LogP contribution in [0.2, 0.25) is 0 Å². The highest BCUT2D eigenvalue weighted by atomic mass is 32.2. The fraction of sp³-hybridized carbons (Fsp3) is 0.513. The van der Waals surface area contributed by atoms with Crippen molar-refractivity contribution in [1.82, 2.24) is 35.1 Å². The Morgan fingerprint density at radius 2 is 1.57 bits per heavy atom. The molecule has 3 N–H and O–H groups in total. The van der Waals surface area contributed by atoms with Crippen LogP contribution in [0.4, 0.5) is 9.59 Å². The van der Waals surface area contributed by atoms with Crippen molar-refractivity contribution in [2.75, 3.05) is 6.54 Å². The third-order valence-electron chi connectivity index (χ3n) is 11.2. The van der Waals surface area contributed by atoms with Gasteiger partial charge < -0.3 is 25.0 Å². The topological polar surface area (TPSA) is 206 Å². The number of nitrogens with one attached hydrogen (secondary N) is 3. The summed E-state index contributed by atoms with van der Waals surface area (Å²) in [7, 11) is -4.36. The number of nitrogens with zero attached hydrogens (tertiary/aromatic N) is 4. The number of hydrogen-bond acceptors (Lipinski definition) is 11. The van der Waals surface area contributed by atoms with Crippen molar-refractivity contribution in [3.8, 4) is 11.8 Å². The lowest BCUT2D eigenvalue weighted by atomic mass is 9.76. The normalized spacial score (nSPS) is 25.1. The van der Waals surface area contributed by atoms with E-state index >= 15 is 0 Å². The molecular weight excluding hydrogens is 743 g/mol. The van der Waals surface area contributed by atoms with E-state index in [1.165, 1.54) is 52.5 Å². The van der Waals surface area contributed by atoms with Crippen LogP contribution in [0.15, 0.2) is 60.3 Å². The number of aromatic nitrogens is 2. The quantitative estimate of drug-likeness (QED) is 0.223. The summed E-state index contributed by atoms with van der Waals surface area (Å²) in [5, 5.41) is 5.47. The molecule has 1 aromatic heterocycles. The van der Waals surface area contributed by atoms with Gasteiger partial charge in [0.2, 0.25) is 11.8 Å². The van der Waals surface area contributed by atoms with E-state index in [-0.39, 0.29) is 43.0 Å². The summed E-state index contributed by atoms with van der Waals surface area (Å²) in [5.41, 5.74) is -0.781. The Balaban J connectivity index is 1.14. The van der Waals surface area contributed by atoms with Gasteiger partial charge in [-0.15, -0.1) is 6.58 Å². The van der Waals surface area contributed by atoms with E-state index in [0.717, 1.165) is 44.9 Å². The Morgan fingerprint density at radius 1 is 0.911 bits per heavy atom. The van der Waals surface area contributed by atoms with Crippen molar-refractivity contribution in [2.24, 2.45) is 11.8 Å². The number of amides is 5. The lowest BCUT2D eigenvalue weighted by Crippen LogP contribution is -2.67. The Labute approximate surface area is 325 Å². The highest BCUT2D eigenvalue weighted by molar-refractivity contribution is 7.90. The van der Waals surface area contributed by atoms with Crippen LogP contribution in [0.5, 0.6) is 0 Å². The summed E-state index contributed by atoms with van der Waals surface area (Å²) in [4.78, 5) is 80.7. The molecular formula is C39H45N7O9S. The smallest absolute Gasteiger partial charge is 0.410 e. The highest BCUT2D eigenvalue weighted by Crippen LogP contribution is 2.33. The summed E-state index contributed by atoms with van der Waals surface area (Å²) >= 11 is 0. The first-order valence-electron chi connectivity index (χ1n) is 19.1. The molecule has 17 heteroatoms. The number of benzene rings is 1. The van der Waals surface area contributed by atoms with Crippen molar-refractivity contribution >= 4 is 39.9 Å². The van der Waals surface area contributed by atoms with E-state index in [9.17, 15) is 32.4 Å². The van der Waals surface area contributed by atoms with Crippen molar-refractivity contribution in [1.29, 1.82) is 0 Å². The third-order valence-corrected chi connectivity index (χ3v) is 12.6. The van der Waals surface area contributed by atoms with E-state index < -0.39 is 69.6 Å². The highest BCUT2D eigenvalue weighted by Gasteiger charge is 2.53. The molecule has 5 aliphatic rings. The first-order valence-corrected chi connectivity index (χ1v) is 20.6. The lowest BCUT2D eigenvalue weighted by molar-refractivity contribution is -0.142. The SMILES string of the molecule is C=C[C@@H]1C#C[C@]1(NC(=O)[C@@H]1C[C@@H](OC(=O)N2Cc3nccnc3C2)CN1C(=O)[C@@H](NC(=O)OC1CCCC1)C1CCCCC1)C(=O)NS(=O)(=O)c1ccccc1. The largest absolute Gasteiger partial charge is 0.446 e. The molecule has 2 aromatic rings. The Morgan fingerprint density at radius 3 is 2.20 bits per heavy atom. The Kier molecular flexibility index (Phi) is 11.3. The number of hydrogen-bond donors (Lipinski definition) is 3. The Bertz CT molecular complexity index is 2020. The monoisotopic (exact) mass is 787 g/mol. The molecule has 5 amide bonds. The number of fused-ring (bicyclic) bond motifs is 1. The van der Waals surface area contributed by atoms with Gasteiger partial charge in [-0.05, 0) is 56.6 Å². The number of likely N-dealkylation sites (tertiary alicyclic amines) is 1. The van der Waals surface area contributed by atoms with Crippen LogP contribution in [0.3, 0.4) is 0 Å². The predicted molar refractivity (Wildman–Crippen MR) is 198 cm³/mol. The molecule has 5 atom stereocenters. The molecule has 296 valence electrons. The Hall–Kier alpha value is -5.50. The molecule has 3 heterocycles. The minimum Gasteiger partial charge on any atom is -0.446 e. The summed E-state index contributed by atoms with van der Waals surface area (Å²) in [6, 6.07) is 4.91. The minimum atomic E-state index is -4.36. The van der Waals surface area contributed by atoms with Crippen LogP contribution in [-0.4, -0.2) is 94.5 Å². The second kappa shape index (κ2) is 16.3. The standard InChI is InChI=1S/C39H45N7O9S/c1-2-26-17-18-39(26,36(49)44-56(52,53)29-15-7-4-8-16-29)43-34(47)32-21-28(55-38(51)45-23-30-31(24-45)41-20-19-40-30)22-46(32)35(48)33(25-11-5-3-6-12-25)42-37(50)54-27-13-9-10-14-27/h2,4,7-8,15-16,19-20,25-28,32-33H,1,3,5-6,9-14,21-24H2,(H,42,50)(H,43,47)(H,44,49)/t26-,28-,32+,33+,39-/m1/s1. The molecule has 0 radical (unpaired) electrons. The molecule has 0 bridgehead atoms. The molecule has 2 saturated carbocycles. The van der Waals surface area contributed by atoms with Crippen molar-refractivity contribution in [3.05, 3.63) is 66.8 Å². The van der Waals surface area contributed by atoms with Gasteiger partial charge in [0.15, 0.2) is 5.54 Å². The van der Waals surface area contributed by atoms with Gasteiger partial charge in [-0.2, -0.15) is 0 Å². The van der Waals surface area contributed by atoms with Crippen LogP contribution >= 0.6 is 0 Å². The summed E-state index contributed by atoms with van der Waals surface area (Å²) in [5.74, 6) is 1.67. The first kappa shape index (κ1) is 38.8. The van der Waals surface area contributed by atoms with E-state index in [1.807, 2.05) is 4.72 Å². The zero-order valence-electron chi connectivity index (χ0n) is 30.9. The third kappa shape index (κ3) is 8.06. The van der Waals surface area contributed by atoms with Gasteiger partial charge >= 0.3 is 12.2 Å². The van der Waals surface area contributed by atoms with Gasteiger partial charge in [0, 0.05) is 18.8 Å². The second-order valence-corrected chi connectivity index (χ2v) is 16.6. The van der Waals surface area contributed by atoms with E-state index in [2.05, 4.69) is 39.0 Å². The zero-order chi connectivity index (χ0) is 39.5. The molecule has 0 spiro atoms. The molecule has 1 saturated heterocycles. The number of alkyl carbamates (subject to hydrolysis) is 1. The van der Waals surface area contributed by atoms with Crippen LogP contribution < -0.4 is 15.4 Å². The number of carbonyl (C=O) groups is 5. The molecule has 2 aliphatic heterocycles. The lowest BCUT2D eigenvalue weighted by Gasteiger charge is -2.38. The van der Waals surface area contributed by atoms with Crippen LogP contribution in [0.1, 0.15) is 75.6 Å². The van der Waals surface area contributed by atoms with E-state index in [1.54, 1.807) is 6.07 Å². The predicted octanol–water partition coefficient (Wildman–Crippen LogP) is 2.70. The van der Waals surface area contributed by atoms with Gasteiger partial charge in [0.1, 0.15) is 24.3 Å². The van der Waals surface area contributed by atoms with Gasteiger partial charge in [-0.3, -0.25) is 29.3 Å². The fourth-order valence-corrected chi connectivity index (χ4v) is 9.22.